The molecular weight excluding hydrogens is 307 g/mol. The lowest BCUT2D eigenvalue weighted by molar-refractivity contribution is 0.372. The van der Waals surface area contributed by atoms with E-state index >= 15 is 0 Å². The lowest BCUT2D eigenvalue weighted by atomic mass is 9.94. The third-order valence-electron chi connectivity index (χ3n) is 4.31. The van der Waals surface area contributed by atoms with Gasteiger partial charge in [0.05, 0.1) is 14.2 Å². The minimum atomic E-state index is -0.307. The van der Waals surface area contributed by atoms with E-state index in [1.54, 1.807) is 25.3 Å². The van der Waals surface area contributed by atoms with Crippen LogP contribution in [0.15, 0.2) is 36.4 Å². The molecule has 24 heavy (non-hydrogen) atoms. The highest BCUT2D eigenvalue weighted by Crippen LogP contribution is 2.27. The van der Waals surface area contributed by atoms with Gasteiger partial charge in [-0.3, -0.25) is 0 Å². The van der Waals surface area contributed by atoms with E-state index in [1.807, 2.05) is 18.2 Å². The van der Waals surface area contributed by atoms with Crippen molar-refractivity contribution in [3.8, 4) is 17.2 Å². The molecule has 0 aliphatic carbocycles. The Labute approximate surface area is 143 Å². The van der Waals surface area contributed by atoms with E-state index in [0.717, 1.165) is 36.8 Å². The van der Waals surface area contributed by atoms with Crippen LogP contribution in [-0.4, -0.2) is 19.3 Å². The summed E-state index contributed by atoms with van der Waals surface area (Å²) in [6.07, 6.45) is 3.81. The number of ether oxygens (including phenoxy) is 2. The molecule has 3 nitrogen and oxygen atoms in total. The first kappa shape index (κ1) is 18.1. The molecule has 0 saturated carbocycles. The summed E-state index contributed by atoms with van der Waals surface area (Å²) in [5.41, 5.74) is 2.14. The standard InChI is InChI=1S/C20H25FO3/c1-14(4-6-15-9-11-19(23-2)17(21)12-15)5-7-16-8-10-18(22)20(13-16)24-3/h8-14,22H,4-7H2,1-3H3. The van der Waals surface area contributed by atoms with E-state index in [1.165, 1.54) is 7.11 Å². The fourth-order valence-corrected chi connectivity index (χ4v) is 2.71. The molecule has 0 radical (unpaired) electrons. The number of aryl methyl sites for hydroxylation is 2. The van der Waals surface area contributed by atoms with Crippen LogP contribution in [0.2, 0.25) is 0 Å². The number of rotatable bonds is 8. The van der Waals surface area contributed by atoms with Crippen LogP contribution in [0.5, 0.6) is 17.2 Å². The van der Waals surface area contributed by atoms with Crippen molar-refractivity contribution in [3.63, 3.8) is 0 Å². The summed E-state index contributed by atoms with van der Waals surface area (Å²) >= 11 is 0. The predicted molar refractivity (Wildman–Crippen MR) is 93.4 cm³/mol. The highest BCUT2D eigenvalue weighted by Gasteiger charge is 2.08. The van der Waals surface area contributed by atoms with E-state index in [2.05, 4.69) is 6.92 Å². The van der Waals surface area contributed by atoms with Gasteiger partial charge in [-0.2, -0.15) is 0 Å². The van der Waals surface area contributed by atoms with Crippen LogP contribution in [0, 0.1) is 11.7 Å². The minimum Gasteiger partial charge on any atom is -0.504 e. The van der Waals surface area contributed by atoms with Gasteiger partial charge in [-0.1, -0.05) is 19.1 Å². The fraction of sp³-hybridized carbons (Fsp3) is 0.400. The van der Waals surface area contributed by atoms with Crippen LogP contribution in [0.25, 0.3) is 0 Å². The molecule has 1 unspecified atom stereocenters. The van der Waals surface area contributed by atoms with Gasteiger partial charge in [0, 0.05) is 0 Å². The van der Waals surface area contributed by atoms with Crippen LogP contribution < -0.4 is 9.47 Å². The highest BCUT2D eigenvalue weighted by molar-refractivity contribution is 5.41. The fourth-order valence-electron chi connectivity index (χ4n) is 2.71. The molecule has 1 atom stereocenters. The van der Waals surface area contributed by atoms with E-state index < -0.39 is 0 Å². The maximum atomic E-state index is 13.7. The number of benzene rings is 2. The maximum Gasteiger partial charge on any atom is 0.165 e. The minimum absolute atomic E-state index is 0.163. The van der Waals surface area contributed by atoms with Crippen molar-refractivity contribution >= 4 is 0 Å². The molecule has 130 valence electrons. The molecule has 0 heterocycles. The smallest absolute Gasteiger partial charge is 0.165 e. The summed E-state index contributed by atoms with van der Waals surface area (Å²) in [5.74, 6) is 1.17. The Morgan fingerprint density at radius 1 is 0.917 bits per heavy atom. The Morgan fingerprint density at radius 3 is 2.08 bits per heavy atom. The summed E-state index contributed by atoms with van der Waals surface area (Å²) < 4.78 is 23.8. The Kier molecular flexibility index (Phi) is 6.47. The number of aromatic hydroxyl groups is 1. The Hall–Kier alpha value is -2.23. The van der Waals surface area contributed by atoms with Crippen molar-refractivity contribution in [2.75, 3.05) is 14.2 Å². The van der Waals surface area contributed by atoms with Gasteiger partial charge in [-0.25, -0.2) is 4.39 Å². The molecule has 0 amide bonds. The molecule has 2 aromatic rings. The van der Waals surface area contributed by atoms with E-state index in [0.29, 0.717) is 11.7 Å². The van der Waals surface area contributed by atoms with Crippen molar-refractivity contribution in [1.82, 2.24) is 0 Å². The van der Waals surface area contributed by atoms with Crippen LogP contribution in [0.1, 0.15) is 30.9 Å². The first-order valence-corrected chi connectivity index (χ1v) is 8.21. The second-order valence-corrected chi connectivity index (χ2v) is 6.16. The maximum absolute atomic E-state index is 13.7. The molecule has 0 spiro atoms. The second-order valence-electron chi connectivity index (χ2n) is 6.16. The quantitative estimate of drug-likeness (QED) is 0.758. The summed E-state index contributed by atoms with van der Waals surface area (Å²) in [4.78, 5) is 0. The van der Waals surface area contributed by atoms with Crippen molar-refractivity contribution in [1.29, 1.82) is 0 Å². The van der Waals surface area contributed by atoms with E-state index in [9.17, 15) is 9.50 Å². The largest absolute Gasteiger partial charge is 0.504 e. The molecule has 0 aliphatic heterocycles. The molecule has 4 heteroatoms. The van der Waals surface area contributed by atoms with Crippen LogP contribution in [0.4, 0.5) is 4.39 Å². The third kappa shape index (κ3) is 4.88. The molecular formula is C20H25FO3. The molecule has 0 saturated heterocycles. The molecule has 0 aromatic heterocycles. The number of phenolic OH excluding ortho intramolecular Hbond substituents is 1. The van der Waals surface area contributed by atoms with Crippen molar-refractivity contribution in [2.45, 2.75) is 32.6 Å². The number of hydrogen-bond acceptors (Lipinski definition) is 3. The number of hydrogen-bond donors (Lipinski definition) is 1. The van der Waals surface area contributed by atoms with E-state index in [4.69, 9.17) is 9.47 Å². The molecule has 2 rings (SSSR count). The second kappa shape index (κ2) is 8.57. The van der Waals surface area contributed by atoms with Crippen LogP contribution >= 0.6 is 0 Å². The average Bonchev–Trinajstić information content (AvgIpc) is 2.59. The van der Waals surface area contributed by atoms with Gasteiger partial charge in [0.25, 0.3) is 0 Å². The molecule has 2 aromatic carbocycles. The van der Waals surface area contributed by atoms with Crippen LogP contribution in [0.3, 0.4) is 0 Å². The zero-order valence-electron chi connectivity index (χ0n) is 14.5. The monoisotopic (exact) mass is 332 g/mol. The zero-order valence-corrected chi connectivity index (χ0v) is 14.5. The predicted octanol–water partition coefficient (Wildman–Crippen LogP) is 4.75. The number of methoxy groups -OCH3 is 2. The van der Waals surface area contributed by atoms with Gasteiger partial charge in [0.2, 0.25) is 0 Å². The van der Waals surface area contributed by atoms with Crippen molar-refractivity contribution < 1.29 is 19.0 Å². The molecule has 1 N–H and O–H groups in total. The summed E-state index contributed by atoms with van der Waals surface area (Å²) in [6, 6.07) is 10.6. The van der Waals surface area contributed by atoms with Gasteiger partial charge < -0.3 is 14.6 Å². The molecule has 0 aliphatic rings. The summed E-state index contributed by atoms with van der Waals surface area (Å²) in [7, 11) is 3.02. The van der Waals surface area contributed by atoms with Crippen molar-refractivity contribution in [2.24, 2.45) is 5.92 Å². The van der Waals surface area contributed by atoms with Crippen LogP contribution in [-0.2, 0) is 12.8 Å². The van der Waals surface area contributed by atoms with Gasteiger partial charge in [-0.15, -0.1) is 0 Å². The Balaban J connectivity index is 1.83. The summed E-state index contributed by atoms with van der Waals surface area (Å²) in [6.45, 7) is 2.21. The van der Waals surface area contributed by atoms with Gasteiger partial charge in [0.1, 0.15) is 0 Å². The normalized spacial score (nSPS) is 12.0. The van der Waals surface area contributed by atoms with Gasteiger partial charge in [-0.05, 0) is 67.0 Å². The summed E-state index contributed by atoms with van der Waals surface area (Å²) in [5, 5.41) is 9.62. The third-order valence-corrected chi connectivity index (χ3v) is 4.31. The Morgan fingerprint density at radius 2 is 1.50 bits per heavy atom. The highest BCUT2D eigenvalue weighted by atomic mass is 19.1. The van der Waals surface area contributed by atoms with Gasteiger partial charge in [0.15, 0.2) is 23.1 Å². The molecule has 0 fully saturated rings. The zero-order chi connectivity index (χ0) is 17.5. The van der Waals surface area contributed by atoms with Crippen molar-refractivity contribution in [3.05, 3.63) is 53.3 Å². The number of phenols is 1. The molecule has 0 bridgehead atoms. The first-order chi connectivity index (χ1) is 11.5. The average molecular weight is 332 g/mol. The Bertz CT molecular complexity index is 670. The van der Waals surface area contributed by atoms with E-state index in [-0.39, 0.29) is 17.3 Å². The van der Waals surface area contributed by atoms with Gasteiger partial charge >= 0.3 is 0 Å². The lowest BCUT2D eigenvalue weighted by Gasteiger charge is -2.13. The lowest BCUT2D eigenvalue weighted by Crippen LogP contribution is -2.01. The first-order valence-electron chi connectivity index (χ1n) is 8.21. The topological polar surface area (TPSA) is 38.7 Å². The number of halogens is 1. The SMILES string of the molecule is COc1cc(CCC(C)CCc2ccc(OC)c(F)c2)ccc1O.